The average molecular weight is 375 g/mol. The van der Waals surface area contributed by atoms with Crippen molar-refractivity contribution in [2.45, 2.75) is 18.9 Å². The molecule has 0 radical (unpaired) electrons. The zero-order valence-corrected chi connectivity index (χ0v) is 15.4. The standard InChI is InChI=1S/C18H21N3O6/c1-19-16(23)17(24)21(18(19)25)10-15(22)20-8-4-5-13(20)12-9-11(26-2)6-7-14(12)27-3/h6-7,9,13H,4-5,8,10H2,1-3H3/t13-/m1/s1. The Balaban J connectivity index is 1.83. The van der Waals surface area contributed by atoms with Crippen LogP contribution in [0.25, 0.3) is 0 Å². The summed E-state index contributed by atoms with van der Waals surface area (Å²) < 4.78 is 10.7. The summed E-state index contributed by atoms with van der Waals surface area (Å²) >= 11 is 0. The number of ether oxygens (including phenoxy) is 2. The van der Waals surface area contributed by atoms with Crippen molar-refractivity contribution in [2.75, 3.05) is 34.4 Å². The van der Waals surface area contributed by atoms with Crippen molar-refractivity contribution >= 4 is 23.8 Å². The van der Waals surface area contributed by atoms with Crippen molar-refractivity contribution in [3.05, 3.63) is 23.8 Å². The summed E-state index contributed by atoms with van der Waals surface area (Å²) in [6.45, 7) is 0.0282. The first-order valence-electron chi connectivity index (χ1n) is 8.54. The molecule has 0 aliphatic carbocycles. The summed E-state index contributed by atoms with van der Waals surface area (Å²) in [6.07, 6.45) is 1.49. The Morgan fingerprint density at radius 2 is 1.89 bits per heavy atom. The molecule has 144 valence electrons. The molecule has 2 saturated heterocycles. The zero-order chi connectivity index (χ0) is 19.7. The minimum Gasteiger partial charge on any atom is -0.497 e. The van der Waals surface area contributed by atoms with Crippen LogP contribution in [-0.4, -0.2) is 72.8 Å². The first kappa shape index (κ1) is 18.7. The van der Waals surface area contributed by atoms with E-state index < -0.39 is 30.3 Å². The Morgan fingerprint density at radius 1 is 1.15 bits per heavy atom. The summed E-state index contributed by atoms with van der Waals surface area (Å²) in [4.78, 5) is 51.4. The van der Waals surface area contributed by atoms with Gasteiger partial charge in [0, 0.05) is 19.2 Å². The van der Waals surface area contributed by atoms with E-state index >= 15 is 0 Å². The molecule has 5 amide bonds. The number of methoxy groups -OCH3 is 2. The van der Waals surface area contributed by atoms with Gasteiger partial charge in [0.25, 0.3) is 0 Å². The highest BCUT2D eigenvalue weighted by atomic mass is 16.5. The fourth-order valence-electron chi connectivity index (χ4n) is 3.47. The summed E-state index contributed by atoms with van der Waals surface area (Å²) in [5.41, 5.74) is 0.801. The molecular weight excluding hydrogens is 354 g/mol. The summed E-state index contributed by atoms with van der Waals surface area (Å²) in [6, 6.07) is 4.32. The number of imide groups is 2. The van der Waals surface area contributed by atoms with Crippen LogP contribution < -0.4 is 9.47 Å². The van der Waals surface area contributed by atoms with Gasteiger partial charge in [0.1, 0.15) is 18.0 Å². The van der Waals surface area contributed by atoms with Crippen LogP contribution in [0.1, 0.15) is 24.4 Å². The van der Waals surface area contributed by atoms with Crippen LogP contribution in [0.4, 0.5) is 4.79 Å². The molecule has 1 aromatic carbocycles. The molecule has 0 bridgehead atoms. The molecule has 1 aromatic rings. The molecule has 3 rings (SSSR count). The van der Waals surface area contributed by atoms with Gasteiger partial charge >= 0.3 is 17.8 Å². The van der Waals surface area contributed by atoms with E-state index in [1.807, 2.05) is 6.07 Å². The van der Waals surface area contributed by atoms with Crippen molar-refractivity contribution in [1.82, 2.24) is 14.7 Å². The molecule has 2 heterocycles. The van der Waals surface area contributed by atoms with E-state index in [2.05, 4.69) is 0 Å². The number of benzene rings is 1. The molecule has 9 nitrogen and oxygen atoms in total. The van der Waals surface area contributed by atoms with Crippen molar-refractivity contribution < 1.29 is 28.7 Å². The number of hydrogen-bond donors (Lipinski definition) is 0. The second-order valence-corrected chi connectivity index (χ2v) is 6.39. The Kier molecular flexibility index (Phi) is 5.02. The number of likely N-dealkylation sites (tertiary alicyclic amines) is 1. The molecule has 27 heavy (non-hydrogen) atoms. The predicted octanol–water partition coefficient (Wildman–Crippen LogP) is 0.788. The highest BCUT2D eigenvalue weighted by molar-refractivity contribution is 6.44. The van der Waals surface area contributed by atoms with Crippen molar-refractivity contribution in [3.8, 4) is 11.5 Å². The van der Waals surface area contributed by atoms with Gasteiger partial charge in [-0.3, -0.25) is 19.3 Å². The number of nitrogens with zero attached hydrogens (tertiary/aromatic N) is 3. The highest BCUT2D eigenvalue weighted by Gasteiger charge is 2.44. The predicted molar refractivity (Wildman–Crippen MR) is 93.1 cm³/mol. The van der Waals surface area contributed by atoms with Gasteiger partial charge in [-0.25, -0.2) is 9.69 Å². The fraction of sp³-hybridized carbons (Fsp3) is 0.444. The molecule has 0 spiro atoms. The largest absolute Gasteiger partial charge is 0.497 e. The lowest BCUT2D eigenvalue weighted by Gasteiger charge is -2.27. The molecule has 0 unspecified atom stereocenters. The van der Waals surface area contributed by atoms with Gasteiger partial charge in [-0.2, -0.15) is 0 Å². The molecule has 1 atom stereocenters. The molecule has 2 aliphatic rings. The van der Waals surface area contributed by atoms with Gasteiger partial charge in [0.15, 0.2) is 0 Å². The highest BCUT2D eigenvalue weighted by Crippen LogP contribution is 2.39. The molecule has 9 heteroatoms. The van der Waals surface area contributed by atoms with Crippen LogP contribution in [-0.2, 0) is 14.4 Å². The normalized spacial score (nSPS) is 19.9. The van der Waals surface area contributed by atoms with E-state index in [-0.39, 0.29) is 6.04 Å². The average Bonchev–Trinajstić information content (AvgIpc) is 3.24. The number of rotatable bonds is 5. The molecule has 0 N–H and O–H groups in total. The van der Waals surface area contributed by atoms with Gasteiger partial charge in [0.2, 0.25) is 5.91 Å². The Labute approximate surface area is 156 Å². The van der Waals surface area contributed by atoms with Crippen molar-refractivity contribution in [1.29, 1.82) is 0 Å². The van der Waals surface area contributed by atoms with Crippen LogP contribution in [0.2, 0.25) is 0 Å². The zero-order valence-electron chi connectivity index (χ0n) is 15.4. The molecular formula is C18H21N3O6. The quantitative estimate of drug-likeness (QED) is 0.558. The maximum atomic E-state index is 12.8. The lowest BCUT2D eigenvalue weighted by molar-refractivity contribution is -0.144. The number of carbonyl (C=O) groups excluding carboxylic acids is 4. The maximum absolute atomic E-state index is 12.8. The molecule has 2 aliphatic heterocycles. The lowest BCUT2D eigenvalue weighted by Crippen LogP contribution is -2.43. The van der Waals surface area contributed by atoms with E-state index in [1.54, 1.807) is 31.3 Å². The third-order valence-electron chi connectivity index (χ3n) is 4.91. The topological polar surface area (TPSA) is 96.5 Å². The van der Waals surface area contributed by atoms with E-state index in [1.165, 1.54) is 7.05 Å². The third-order valence-corrected chi connectivity index (χ3v) is 4.91. The van der Waals surface area contributed by atoms with Crippen LogP contribution in [0.3, 0.4) is 0 Å². The van der Waals surface area contributed by atoms with Crippen LogP contribution in [0, 0.1) is 0 Å². The van der Waals surface area contributed by atoms with E-state index in [9.17, 15) is 19.2 Å². The van der Waals surface area contributed by atoms with Gasteiger partial charge in [-0.05, 0) is 31.0 Å². The Morgan fingerprint density at radius 3 is 2.48 bits per heavy atom. The van der Waals surface area contributed by atoms with Gasteiger partial charge in [-0.1, -0.05) is 0 Å². The summed E-state index contributed by atoms with van der Waals surface area (Å²) in [5.74, 6) is -1.04. The maximum Gasteiger partial charge on any atom is 0.334 e. The minimum atomic E-state index is -0.981. The summed E-state index contributed by atoms with van der Waals surface area (Å²) in [5, 5.41) is 0. The second kappa shape index (κ2) is 7.26. The van der Waals surface area contributed by atoms with Gasteiger partial charge in [0.05, 0.1) is 20.3 Å². The fourth-order valence-corrected chi connectivity index (χ4v) is 3.47. The third kappa shape index (κ3) is 3.20. The SMILES string of the molecule is COc1ccc(OC)c([C@H]2CCCN2C(=O)CN2C(=O)C(=O)N(C)C2=O)c1. The smallest absolute Gasteiger partial charge is 0.334 e. The number of hydrogen-bond acceptors (Lipinski definition) is 6. The Bertz CT molecular complexity index is 808. The Hall–Kier alpha value is -3.10. The first-order valence-corrected chi connectivity index (χ1v) is 8.54. The molecule has 0 aromatic heterocycles. The van der Waals surface area contributed by atoms with Crippen LogP contribution >= 0.6 is 0 Å². The first-order chi connectivity index (χ1) is 12.9. The lowest BCUT2D eigenvalue weighted by atomic mass is 10.0. The number of carbonyl (C=O) groups is 4. The number of likely N-dealkylation sites (N-methyl/N-ethyl adjacent to an activating group) is 1. The monoisotopic (exact) mass is 375 g/mol. The van der Waals surface area contributed by atoms with Crippen molar-refractivity contribution in [2.24, 2.45) is 0 Å². The van der Waals surface area contributed by atoms with E-state index in [4.69, 9.17) is 9.47 Å². The van der Waals surface area contributed by atoms with Gasteiger partial charge < -0.3 is 14.4 Å². The van der Waals surface area contributed by atoms with E-state index in [0.717, 1.165) is 18.4 Å². The van der Waals surface area contributed by atoms with Crippen LogP contribution in [0.5, 0.6) is 11.5 Å². The van der Waals surface area contributed by atoms with E-state index in [0.29, 0.717) is 27.8 Å². The number of urea groups is 1. The van der Waals surface area contributed by atoms with Crippen molar-refractivity contribution in [3.63, 3.8) is 0 Å². The molecule has 2 fully saturated rings. The van der Waals surface area contributed by atoms with Crippen LogP contribution in [0.15, 0.2) is 18.2 Å². The number of amides is 5. The minimum absolute atomic E-state index is 0.260. The summed E-state index contributed by atoms with van der Waals surface area (Å²) in [7, 11) is 4.32. The van der Waals surface area contributed by atoms with Gasteiger partial charge in [-0.15, -0.1) is 0 Å². The molecule has 0 saturated carbocycles. The second-order valence-electron chi connectivity index (χ2n) is 6.39.